The molecule has 1 aliphatic heterocycles. The lowest BCUT2D eigenvalue weighted by atomic mass is 10.1. The first-order valence-electron chi connectivity index (χ1n) is 6.80. The van der Waals surface area contributed by atoms with Gasteiger partial charge in [0.15, 0.2) is 0 Å². The van der Waals surface area contributed by atoms with Gasteiger partial charge in [-0.25, -0.2) is 0 Å². The van der Waals surface area contributed by atoms with Gasteiger partial charge < -0.3 is 15.0 Å². The molecule has 1 unspecified atom stereocenters. The van der Waals surface area contributed by atoms with Crippen molar-refractivity contribution < 1.29 is 9.53 Å². The molecule has 2 rings (SSSR count). The lowest BCUT2D eigenvalue weighted by Crippen LogP contribution is -2.49. The highest BCUT2D eigenvalue weighted by Crippen LogP contribution is 2.08. The summed E-state index contributed by atoms with van der Waals surface area (Å²) in [6.07, 6.45) is 0. The third-order valence-electron chi connectivity index (χ3n) is 3.43. The van der Waals surface area contributed by atoms with Crippen LogP contribution < -0.4 is 5.32 Å². The van der Waals surface area contributed by atoms with Crippen LogP contribution in [-0.2, 0) is 16.1 Å². The molecule has 1 saturated heterocycles. The number of carbonyl (C=O) groups is 1. The maximum atomic E-state index is 12.2. The summed E-state index contributed by atoms with van der Waals surface area (Å²) in [6, 6.07) is 9.31. The van der Waals surface area contributed by atoms with Crippen LogP contribution in [0.25, 0.3) is 0 Å². The Kier molecular flexibility index (Phi) is 5.10. The molecule has 1 aromatic carbocycles. The van der Waals surface area contributed by atoms with Crippen LogP contribution in [0.2, 0.25) is 0 Å². The molecular weight excluding hydrogens is 254 g/mol. The van der Waals surface area contributed by atoms with Crippen molar-refractivity contribution in [3.05, 3.63) is 35.4 Å². The molecule has 1 N–H and O–H groups in total. The Labute approximate surface area is 119 Å². The van der Waals surface area contributed by atoms with Crippen LogP contribution in [-0.4, -0.2) is 43.2 Å². The largest absolute Gasteiger partial charge is 0.378 e. The normalized spacial score (nSPS) is 16.5. The van der Waals surface area contributed by atoms with E-state index in [-0.39, 0.29) is 11.9 Å². The van der Waals surface area contributed by atoms with Crippen molar-refractivity contribution in [3.63, 3.8) is 0 Å². The molecule has 0 bridgehead atoms. The van der Waals surface area contributed by atoms with Gasteiger partial charge in [0.25, 0.3) is 0 Å². The van der Waals surface area contributed by atoms with Gasteiger partial charge in [0, 0.05) is 19.6 Å². The standard InChI is InChI=1S/C15H19N3O2/c1-12(15(19)18-6-8-20-9-7-18)17-11-14-5-3-2-4-13(14)10-16/h2-5,12,17H,6-9,11H2,1H3. The second kappa shape index (κ2) is 7.04. The van der Waals surface area contributed by atoms with Gasteiger partial charge in [0.2, 0.25) is 5.91 Å². The fourth-order valence-electron chi connectivity index (χ4n) is 2.19. The van der Waals surface area contributed by atoms with Gasteiger partial charge in [-0.3, -0.25) is 4.79 Å². The molecule has 5 heteroatoms. The molecule has 20 heavy (non-hydrogen) atoms. The van der Waals surface area contributed by atoms with Crippen LogP contribution in [0.5, 0.6) is 0 Å². The van der Waals surface area contributed by atoms with Gasteiger partial charge >= 0.3 is 0 Å². The molecular formula is C15H19N3O2. The number of rotatable bonds is 4. The van der Waals surface area contributed by atoms with E-state index in [2.05, 4.69) is 11.4 Å². The Morgan fingerprint density at radius 1 is 1.45 bits per heavy atom. The van der Waals surface area contributed by atoms with E-state index in [1.165, 1.54) is 0 Å². The predicted octanol–water partition coefficient (Wildman–Crippen LogP) is 0.895. The first-order valence-corrected chi connectivity index (χ1v) is 6.80. The van der Waals surface area contributed by atoms with Crippen LogP contribution in [0.3, 0.4) is 0 Å². The molecule has 1 fully saturated rings. The van der Waals surface area contributed by atoms with Gasteiger partial charge in [0.05, 0.1) is 30.9 Å². The van der Waals surface area contributed by atoms with Gasteiger partial charge in [-0.2, -0.15) is 5.26 Å². The fraction of sp³-hybridized carbons (Fsp3) is 0.467. The monoisotopic (exact) mass is 273 g/mol. The Hall–Kier alpha value is -1.90. The summed E-state index contributed by atoms with van der Waals surface area (Å²) in [6.45, 7) is 4.89. The van der Waals surface area contributed by atoms with Crippen molar-refractivity contribution in [1.29, 1.82) is 5.26 Å². The van der Waals surface area contributed by atoms with Crippen molar-refractivity contribution in [3.8, 4) is 6.07 Å². The first kappa shape index (κ1) is 14.5. The predicted molar refractivity (Wildman–Crippen MR) is 74.9 cm³/mol. The summed E-state index contributed by atoms with van der Waals surface area (Å²) in [5.41, 5.74) is 1.56. The van der Waals surface area contributed by atoms with Crippen LogP contribution in [0.4, 0.5) is 0 Å². The Morgan fingerprint density at radius 2 is 2.15 bits per heavy atom. The summed E-state index contributed by atoms with van der Waals surface area (Å²) >= 11 is 0. The minimum Gasteiger partial charge on any atom is -0.378 e. The molecule has 0 saturated carbocycles. The summed E-state index contributed by atoms with van der Waals surface area (Å²) in [5.74, 6) is 0.0859. The van der Waals surface area contributed by atoms with Crippen LogP contribution in [0.1, 0.15) is 18.1 Å². The van der Waals surface area contributed by atoms with Crippen LogP contribution >= 0.6 is 0 Å². The van der Waals surface area contributed by atoms with E-state index in [1.54, 1.807) is 6.07 Å². The number of hydrogen-bond donors (Lipinski definition) is 1. The maximum Gasteiger partial charge on any atom is 0.239 e. The number of nitrogens with one attached hydrogen (secondary N) is 1. The number of amides is 1. The molecule has 0 aliphatic carbocycles. The second-order valence-electron chi connectivity index (χ2n) is 4.81. The number of benzene rings is 1. The van der Waals surface area contributed by atoms with Crippen molar-refractivity contribution >= 4 is 5.91 Å². The highest BCUT2D eigenvalue weighted by atomic mass is 16.5. The average Bonchev–Trinajstić information content (AvgIpc) is 2.53. The number of carbonyl (C=O) groups excluding carboxylic acids is 1. The van der Waals surface area contributed by atoms with Gasteiger partial charge in [-0.1, -0.05) is 18.2 Å². The Bertz CT molecular complexity index is 504. The molecule has 5 nitrogen and oxygen atoms in total. The third-order valence-corrected chi connectivity index (χ3v) is 3.43. The molecule has 1 amide bonds. The summed E-state index contributed by atoms with van der Waals surface area (Å²) in [7, 11) is 0. The van der Waals surface area contributed by atoms with Crippen molar-refractivity contribution in [2.75, 3.05) is 26.3 Å². The summed E-state index contributed by atoms with van der Waals surface area (Å²) in [4.78, 5) is 14.0. The molecule has 1 aromatic rings. The van der Waals surface area contributed by atoms with E-state index >= 15 is 0 Å². The van der Waals surface area contributed by atoms with E-state index in [0.29, 0.717) is 38.4 Å². The molecule has 0 spiro atoms. The smallest absolute Gasteiger partial charge is 0.239 e. The molecule has 1 heterocycles. The third kappa shape index (κ3) is 3.56. The number of ether oxygens (including phenoxy) is 1. The molecule has 1 aliphatic rings. The second-order valence-corrected chi connectivity index (χ2v) is 4.81. The zero-order chi connectivity index (χ0) is 14.4. The summed E-state index contributed by atoms with van der Waals surface area (Å²) in [5, 5.41) is 12.2. The SMILES string of the molecule is CC(NCc1ccccc1C#N)C(=O)N1CCOCC1. The van der Waals surface area contributed by atoms with Gasteiger partial charge in [-0.15, -0.1) is 0 Å². The molecule has 1 atom stereocenters. The summed E-state index contributed by atoms with van der Waals surface area (Å²) < 4.78 is 5.24. The number of nitrogens with zero attached hydrogens (tertiary/aromatic N) is 2. The van der Waals surface area contributed by atoms with E-state index in [4.69, 9.17) is 10.00 Å². The van der Waals surface area contributed by atoms with Crippen LogP contribution in [0, 0.1) is 11.3 Å². The van der Waals surface area contributed by atoms with E-state index in [9.17, 15) is 4.79 Å². The van der Waals surface area contributed by atoms with E-state index in [0.717, 1.165) is 5.56 Å². The van der Waals surface area contributed by atoms with Gasteiger partial charge in [-0.05, 0) is 18.6 Å². The zero-order valence-corrected chi connectivity index (χ0v) is 11.6. The fourth-order valence-corrected chi connectivity index (χ4v) is 2.19. The topological polar surface area (TPSA) is 65.4 Å². The Morgan fingerprint density at radius 3 is 2.85 bits per heavy atom. The molecule has 106 valence electrons. The van der Waals surface area contributed by atoms with Crippen molar-refractivity contribution in [2.24, 2.45) is 0 Å². The highest BCUT2D eigenvalue weighted by Gasteiger charge is 2.22. The van der Waals surface area contributed by atoms with E-state index in [1.807, 2.05) is 30.0 Å². The minimum absolute atomic E-state index is 0.0859. The number of morpholine rings is 1. The number of hydrogen-bond acceptors (Lipinski definition) is 4. The molecule has 0 radical (unpaired) electrons. The first-order chi connectivity index (χ1) is 9.72. The number of nitriles is 1. The van der Waals surface area contributed by atoms with Crippen molar-refractivity contribution in [2.45, 2.75) is 19.5 Å². The average molecular weight is 273 g/mol. The van der Waals surface area contributed by atoms with Gasteiger partial charge in [0.1, 0.15) is 0 Å². The lowest BCUT2D eigenvalue weighted by Gasteiger charge is -2.29. The minimum atomic E-state index is -0.264. The maximum absolute atomic E-state index is 12.2. The lowest BCUT2D eigenvalue weighted by molar-refractivity contribution is -0.137. The Balaban J connectivity index is 1.89. The quantitative estimate of drug-likeness (QED) is 0.885. The van der Waals surface area contributed by atoms with Crippen molar-refractivity contribution in [1.82, 2.24) is 10.2 Å². The highest BCUT2D eigenvalue weighted by molar-refractivity contribution is 5.81. The van der Waals surface area contributed by atoms with E-state index < -0.39 is 0 Å². The molecule has 0 aromatic heterocycles. The van der Waals surface area contributed by atoms with Crippen LogP contribution in [0.15, 0.2) is 24.3 Å². The zero-order valence-electron chi connectivity index (χ0n) is 11.6.